The molecule has 1 heterocycles. The molecule has 1 N–H and O–H groups in total. The lowest BCUT2D eigenvalue weighted by Crippen LogP contribution is -2.11. The maximum absolute atomic E-state index is 12.7. The van der Waals surface area contributed by atoms with Gasteiger partial charge in [-0.15, -0.1) is 11.3 Å². The molecule has 4 heteroatoms. The van der Waals surface area contributed by atoms with Gasteiger partial charge in [0.2, 0.25) is 0 Å². The van der Waals surface area contributed by atoms with E-state index in [-0.39, 0.29) is 5.91 Å². The number of amides is 1. The summed E-state index contributed by atoms with van der Waals surface area (Å²) in [4.78, 5) is 17.3. The highest BCUT2D eigenvalue weighted by molar-refractivity contribution is 7.14. The number of anilines is 1. The molecule has 0 bridgehead atoms. The zero-order chi connectivity index (χ0) is 20.3. The lowest BCUT2D eigenvalue weighted by molar-refractivity contribution is 0.102. The van der Waals surface area contributed by atoms with Gasteiger partial charge in [0.05, 0.1) is 5.69 Å². The maximum Gasteiger partial charge on any atom is 0.257 e. The number of benzene rings is 4. The highest BCUT2D eigenvalue weighted by Crippen LogP contribution is 2.31. The quantitative estimate of drug-likeness (QED) is 0.353. The van der Waals surface area contributed by atoms with Crippen LogP contribution in [-0.4, -0.2) is 10.9 Å². The van der Waals surface area contributed by atoms with Crippen molar-refractivity contribution in [2.24, 2.45) is 0 Å². The summed E-state index contributed by atoms with van der Waals surface area (Å²) in [5.41, 5.74) is 4.75. The summed E-state index contributed by atoms with van der Waals surface area (Å²) in [6, 6.07) is 32.2. The van der Waals surface area contributed by atoms with Gasteiger partial charge in [-0.3, -0.25) is 10.1 Å². The first kappa shape index (κ1) is 18.3. The van der Waals surface area contributed by atoms with Gasteiger partial charge in [0.1, 0.15) is 0 Å². The topological polar surface area (TPSA) is 42.0 Å². The van der Waals surface area contributed by atoms with Crippen LogP contribution in [0.2, 0.25) is 0 Å². The van der Waals surface area contributed by atoms with E-state index in [9.17, 15) is 4.79 Å². The van der Waals surface area contributed by atoms with Gasteiger partial charge in [0, 0.05) is 16.5 Å². The molecule has 144 valence electrons. The van der Waals surface area contributed by atoms with Crippen molar-refractivity contribution in [1.29, 1.82) is 0 Å². The zero-order valence-electron chi connectivity index (χ0n) is 16.1. The first-order valence-electron chi connectivity index (χ1n) is 9.68. The third-order valence-electron chi connectivity index (χ3n) is 5.04. The fourth-order valence-corrected chi connectivity index (χ4v) is 4.22. The molecule has 0 fully saturated rings. The molecular weight excluding hydrogens is 388 g/mol. The van der Waals surface area contributed by atoms with Crippen LogP contribution in [0.5, 0.6) is 0 Å². The predicted octanol–water partition coefficient (Wildman–Crippen LogP) is 6.88. The number of thiazole rings is 1. The molecule has 5 rings (SSSR count). The van der Waals surface area contributed by atoms with Crippen LogP contribution in [-0.2, 0) is 0 Å². The molecule has 0 aliphatic heterocycles. The van der Waals surface area contributed by atoms with Gasteiger partial charge >= 0.3 is 0 Å². The summed E-state index contributed by atoms with van der Waals surface area (Å²) >= 11 is 1.43. The Morgan fingerprint density at radius 2 is 1.43 bits per heavy atom. The van der Waals surface area contributed by atoms with Gasteiger partial charge in [-0.05, 0) is 34.0 Å². The number of rotatable bonds is 4. The van der Waals surface area contributed by atoms with Crippen LogP contribution >= 0.6 is 11.3 Å². The van der Waals surface area contributed by atoms with E-state index in [0.29, 0.717) is 10.7 Å². The Morgan fingerprint density at radius 1 is 0.733 bits per heavy atom. The monoisotopic (exact) mass is 406 g/mol. The second kappa shape index (κ2) is 7.93. The molecular formula is C26H18N2OS. The summed E-state index contributed by atoms with van der Waals surface area (Å²) in [6.07, 6.45) is 0. The first-order valence-corrected chi connectivity index (χ1v) is 10.6. The summed E-state index contributed by atoms with van der Waals surface area (Å²) in [7, 11) is 0. The number of fused-ring (bicyclic) bond motifs is 1. The second-order valence-corrected chi connectivity index (χ2v) is 7.82. The molecule has 0 aliphatic rings. The molecule has 3 nitrogen and oxygen atoms in total. The summed E-state index contributed by atoms with van der Waals surface area (Å²) in [5.74, 6) is -0.159. The fraction of sp³-hybridized carbons (Fsp3) is 0. The third kappa shape index (κ3) is 3.61. The third-order valence-corrected chi connectivity index (χ3v) is 5.80. The molecule has 0 radical (unpaired) electrons. The zero-order valence-corrected chi connectivity index (χ0v) is 16.9. The maximum atomic E-state index is 12.7. The lowest BCUT2D eigenvalue weighted by Gasteiger charge is -2.05. The van der Waals surface area contributed by atoms with E-state index in [1.54, 1.807) is 0 Å². The number of hydrogen-bond acceptors (Lipinski definition) is 3. The van der Waals surface area contributed by atoms with E-state index in [4.69, 9.17) is 0 Å². The SMILES string of the molecule is O=C(Nc1nc(-c2cccc3ccccc23)cs1)c1ccc(-c2ccccc2)cc1. The average molecular weight is 407 g/mol. The number of aromatic nitrogens is 1. The van der Waals surface area contributed by atoms with E-state index in [1.165, 1.54) is 16.7 Å². The van der Waals surface area contributed by atoms with E-state index >= 15 is 0 Å². The van der Waals surface area contributed by atoms with Crippen molar-refractivity contribution < 1.29 is 4.79 Å². The smallest absolute Gasteiger partial charge is 0.257 e. The number of nitrogens with one attached hydrogen (secondary N) is 1. The van der Waals surface area contributed by atoms with E-state index in [1.807, 2.05) is 66.0 Å². The van der Waals surface area contributed by atoms with Crippen molar-refractivity contribution in [3.05, 3.63) is 108 Å². The van der Waals surface area contributed by atoms with Crippen molar-refractivity contribution in [2.75, 3.05) is 5.32 Å². The van der Waals surface area contributed by atoms with Crippen molar-refractivity contribution >= 4 is 33.1 Å². The Balaban J connectivity index is 1.35. The van der Waals surface area contributed by atoms with Crippen molar-refractivity contribution in [2.45, 2.75) is 0 Å². The molecule has 1 amide bonds. The number of carbonyl (C=O) groups is 1. The van der Waals surface area contributed by atoms with Crippen LogP contribution in [0, 0.1) is 0 Å². The highest BCUT2D eigenvalue weighted by atomic mass is 32.1. The molecule has 4 aromatic carbocycles. The minimum atomic E-state index is -0.159. The number of nitrogens with zero attached hydrogens (tertiary/aromatic N) is 1. The normalized spacial score (nSPS) is 10.8. The molecule has 0 aliphatic carbocycles. The highest BCUT2D eigenvalue weighted by Gasteiger charge is 2.12. The minimum absolute atomic E-state index is 0.159. The molecule has 1 aromatic heterocycles. The Labute approximate surface area is 178 Å². The van der Waals surface area contributed by atoms with Crippen LogP contribution in [0.3, 0.4) is 0 Å². The summed E-state index contributed by atoms with van der Waals surface area (Å²) in [6.45, 7) is 0. The van der Waals surface area contributed by atoms with Crippen LogP contribution in [0.4, 0.5) is 5.13 Å². The van der Waals surface area contributed by atoms with Gasteiger partial charge < -0.3 is 0 Å². The molecule has 30 heavy (non-hydrogen) atoms. The van der Waals surface area contributed by atoms with Gasteiger partial charge in [-0.2, -0.15) is 0 Å². The van der Waals surface area contributed by atoms with Crippen LogP contribution < -0.4 is 5.32 Å². The van der Waals surface area contributed by atoms with E-state index in [0.717, 1.165) is 27.8 Å². The summed E-state index contributed by atoms with van der Waals surface area (Å²) < 4.78 is 0. The van der Waals surface area contributed by atoms with Gasteiger partial charge in [-0.25, -0.2) is 4.98 Å². The summed E-state index contributed by atoms with van der Waals surface area (Å²) in [5, 5.41) is 7.82. The average Bonchev–Trinajstić information content (AvgIpc) is 3.27. The Bertz CT molecular complexity index is 1320. The standard InChI is InChI=1S/C26H18N2OS/c29-25(21-15-13-19(14-16-21)18-7-2-1-3-8-18)28-26-27-24(17-30-26)23-12-6-10-20-9-4-5-11-22(20)23/h1-17H,(H,27,28,29). The van der Waals surface area contributed by atoms with Crippen molar-refractivity contribution in [3.63, 3.8) is 0 Å². The molecule has 0 spiro atoms. The predicted molar refractivity (Wildman–Crippen MR) is 125 cm³/mol. The van der Waals surface area contributed by atoms with E-state index < -0.39 is 0 Å². The van der Waals surface area contributed by atoms with Gasteiger partial charge in [0.15, 0.2) is 5.13 Å². The van der Waals surface area contributed by atoms with Crippen molar-refractivity contribution in [1.82, 2.24) is 4.98 Å². The van der Waals surface area contributed by atoms with Gasteiger partial charge in [-0.1, -0.05) is 84.9 Å². The van der Waals surface area contributed by atoms with E-state index in [2.05, 4.69) is 46.7 Å². The van der Waals surface area contributed by atoms with Crippen LogP contribution in [0.25, 0.3) is 33.2 Å². The molecule has 0 saturated heterocycles. The lowest BCUT2D eigenvalue weighted by atomic mass is 10.0. The number of carbonyl (C=O) groups excluding carboxylic acids is 1. The fourth-order valence-electron chi connectivity index (χ4n) is 3.52. The number of hydrogen-bond donors (Lipinski definition) is 1. The van der Waals surface area contributed by atoms with Crippen LogP contribution in [0.1, 0.15) is 10.4 Å². The minimum Gasteiger partial charge on any atom is -0.298 e. The van der Waals surface area contributed by atoms with Crippen molar-refractivity contribution in [3.8, 4) is 22.4 Å². The van der Waals surface area contributed by atoms with Gasteiger partial charge in [0.25, 0.3) is 5.91 Å². The Kier molecular flexibility index (Phi) is 4.83. The first-order chi connectivity index (χ1) is 14.8. The molecule has 0 saturated carbocycles. The molecule has 5 aromatic rings. The molecule has 0 unspecified atom stereocenters. The van der Waals surface area contributed by atoms with Crippen LogP contribution in [0.15, 0.2) is 102 Å². The Morgan fingerprint density at radius 3 is 2.27 bits per heavy atom. The molecule has 0 atom stereocenters. The Hall–Kier alpha value is -3.76. The second-order valence-electron chi connectivity index (χ2n) is 6.96. The largest absolute Gasteiger partial charge is 0.298 e.